The van der Waals surface area contributed by atoms with E-state index in [1.54, 1.807) is 6.07 Å². The summed E-state index contributed by atoms with van der Waals surface area (Å²) in [5.41, 5.74) is 17.8. The number of anilines is 1. The van der Waals surface area contributed by atoms with E-state index >= 15 is 0 Å². The lowest BCUT2D eigenvalue weighted by Crippen LogP contribution is -2.18. The molecular formula is C19H18N6O2. The summed E-state index contributed by atoms with van der Waals surface area (Å²) < 4.78 is 0. The van der Waals surface area contributed by atoms with E-state index in [2.05, 4.69) is 15.2 Å². The van der Waals surface area contributed by atoms with Gasteiger partial charge in [-0.1, -0.05) is 36.4 Å². The first-order valence-corrected chi connectivity index (χ1v) is 7.85. The van der Waals surface area contributed by atoms with E-state index in [0.717, 1.165) is 5.69 Å². The number of carbonyl (C=O) groups excluding carboxylic acids is 2. The lowest BCUT2D eigenvalue weighted by Gasteiger charge is -1.96. The quantitative estimate of drug-likeness (QED) is 0.483. The van der Waals surface area contributed by atoms with Gasteiger partial charge in [0.2, 0.25) is 0 Å². The first kappa shape index (κ1) is 19.3. The van der Waals surface area contributed by atoms with Crippen LogP contribution in [-0.4, -0.2) is 16.8 Å². The summed E-state index contributed by atoms with van der Waals surface area (Å²) in [4.78, 5) is 24.8. The van der Waals surface area contributed by atoms with Crippen LogP contribution in [0.2, 0.25) is 0 Å². The van der Waals surface area contributed by atoms with Crippen molar-refractivity contribution in [1.29, 1.82) is 0 Å². The highest BCUT2D eigenvalue weighted by Crippen LogP contribution is 2.23. The second-order valence-electron chi connectivity index (χ2n) is 5.23. The summed E-state index contributed by atoms with van der Waals surface area (Å²) in [5, 5.41) is 8.16. The average molecular weight is 362 g/mol. The van der Waals surface area contributed by atoms with Gasteiger partial charge in [-0.25, -0.2) is 4.98 Å². The zero-order chi connectivity index (χ0) is 19.6. The molecule has 1 heterocycles. The van der Waals surface area contributed by atoms with E-state index in [1.807, 2.05) is 48.5 Å². The van der Waals surface area contributed by atoms with Crippen LogP contribution in [0, 0.1) is 0 Å². The van der Waals surface area contributed by atoms with Crippen molar-refractivity contribution in [1.82, 2.24) is 4.98 Å². The zero-order valence-electron chi connectivity index (χ0n) is 14.3. The monoisotopic (exact) mass is 362 g/mol. The number of para-hydroxylation sites is 1. The minimum Gasteiger partial charge on any atom is -0.397 e. The van der Waals surface area contributed by atoms with Crippen molar-refractivity contribution >= 4 is 28.9 Å². The standard InChI is InChI=1S/C12H11N3.C7H7N3O2/c13-11-8-4-5-9-12(11)15-14-10-6-2-1-3-7-10;8-6(11)4-2-1-3-5(10-4)7(9)12/h1-9H,13H2;1-3H,(H2,8,11)(H2,9,12). The highest BCUT2D eigenvalue weighted by atomic mass is 16.1. The van der Waals surface area contributed by atoms with Gasteiger partial charge in [0, 0.05) is 0 Å². The van der Waals surface area contributed by atoms with Crippen molar-refractivity contribution in [2.24, 2.45) is 21.7 Å². The van der Waals surface area contributed by atoms with Crippen LogP contribution in [0.5, 0.6) is 0 Å². The molecule has 8 nitrogen and oxygen atoms in total. The SMILES string of the molecule is NC(=O)c1cccc(C(N)=O)n1.Nc1ccccc1N=Nc1ccccc1. The zero-order valence-corrected chi connectivity index (χ0v) is 14.3. The first-order valence-electron chi connectivity index (χ1n) is 7.85. The Morgan fingerprint density at radius 1 is 0.704 bits per heavy atom. The van der Waals surface area contributed by atoms with Crippen LogP contribution in [0.25, 0.3) is 0 Å². The maximum Gasteiger partial charge on any atom is 0.267 e. The van der Waals surface area contributed by atoms with E-state index in [0.29, 0.717) is 11.4 Å². The van der Waals surface area contributed by atoms with Gasteiger partial charge in [-0.2, -0.15) is 5.11 Å². The molecule has 0 aliphatic heterocycles. The summed E-state index contributed by atoms with van der Waals surface area (Å²) in [6.07, 6.45) is 0. The van der Waals surface area contributed by atoms with Gasteiger partial charge in [0.15, 0.2) is 0 Å². The summed E-state index contributed by atoms with van der Waals surface area (Å²) in [6.45, 7) is 0. The van der Waals surface area contributed by atoms with Gasteiger partial charge in [0.05, 0.1) is 11.4 Å². The number of azo groups is 1. The Balaban J connectivity index is 0.000000199. The first-order chi connectivity index (χ1) is 13.0. The molecular weight excluding hydrogens is 344 g/mol. The fraction of sp³-hybridized carbons (Fsp3) is 0. The van der Waals surface area contributed by atoms with E-state index < -0.39 is 11.8 Å². The summed E-state index contributed by atoms with van der Waals surface area (Å²) >= 11 is 0. The number of nitrogens with two attached hydrogens (primary N) is 3. The van der Waals surface area contributed by atoms with Crippen molar-refractivity contribution in [2.75, 3.05) is 5.73 Å². The van der Waals surface area contributed by atoms with E-state index in [9.17, 15) is 9.59 Å². The molecule has 0 atom stereocenters. The number of benzene rings is 2. The summed E-state index contributed by atoms with van der Waals surface area (Å²) in [5.74, 6) is -1.36. The maximum atomic E-state index is 10.6. The lowest BCUT2D eigenvalue weighted by molar-refractivity contribution is 0.0992. The molecule has 0 bridgehead atoms. The molecule has 0 unspecified atom stereocenters. The van der Waals surface area contributed by atoms with Crippen LogP contribution in [0.4, 0.5) is 17.1 Å². The number of rotatable bonds is 4. The van der Waals surface area contributed by atoms with Crippen LogP contribution in [0.1, 0.15) is 21.0 Å². The molecule has 8 heteroatoms. The predicted molar refractivity (Wildman–Crippen MR) is 103 cm³/mol. The van der Waals surface area contributed by atoms with Gasteiger partial charge in [-0.05, 0) is 36.4 Å². The number of amides is 2. The van der Waals surface area contributed by atoms with Crippen LogP contribution in [-0.2, 0) is 0 Å². The second kappa shape index (κ2) is 9.42. The van der Waals surface area contributed by atoms with E-state index in [1.165, 1.54) is 18.2 Å². The maximum absolute atomic E-state index is 10.6. The van der Waals surface area contributed by atoms with Crippen molar-refractivity contribution < 1.29 is 9.59 Å². The molecule has 27 heavy (non-hydrogen) atoms. The Hall–Kier alpha value is -4.07. The smallest absolute Gasteiger partial charge is 0.267 e. The second-order valence-corrected chi connectivity index (χ2v) is 5.23. The highest BCUT2D eigenvalue weighted by Gasteiger charge is 2.05. The number of primary amides is 2. The molecule has 3 aromatic rings. The van der Waals surface area contributed by atoms with Crippen LogP contribution < -0.4 is 17.2 Å². The third-order valence-electron chi connectivity index (χ3n) is 3.22. The molecule has 136 valence electrons. The minimum absolute atomic E-state index is 0.0336. The molecule has 0 saturated heterocycles. The topological polar surface area (TPSA) is 150 Å². The summed E-state index contributed by atoms with van der Waals surface area (Å²) in [6, 6.07) is 21.3. The van der Waals surface area contributed by atoms with Crippen molar-refractivity contribution in [3.63, 3.8) is 0 Å². The average Bonchev–Trinajstić information content (AvgIpc) is 2.69. The number of carbonyl (C=O) groups is 2. The number of aromatic nitrogens is 1. The summed E-state index contributed by atoms with van der Waals surface area (Å²) in [7, 11) is 0. The molecule has 0 spiro atoms. The Morgan fingerprint density at radius 3 is 1.81 bits per heavy atom. The van der Waals surface area contributed by atoms with Gasteiger partial charge in [-0.15, -0.1) is 5.11 Å². The third kappa shape index (κ3) is 6.05. The van der Waals surface area contributed by atoms with Gasteiger partial charge in [-0.3, -0.25) is 9.59 Å². The molecule has 0 radical (unpaired) electrons. The fourth-order valence-corrected chi connectivity index (χ4v) is 1.89. The predicted octanol–water partition coefficient (Wildman–Crippen LogP) is 2.96. The van der Waals surface area contributed by atoms with Crippen molar-refractivity contribution in [3.05, 3.63) is 84.2 Å². The normalized spacial score (nSPS) is 10.1. The number of nitrogen functional groups attached to an aromatic ring is 1. The molecule has 0 aliphatic rings. The minimum atomic E-state index is -0.682. The van der Waals surface area contributed by atoms with Crippen LogP contribution in [0.3, 0.4) is 0 Å². The molecule has 2 aromatic carbocycles. The lowest BCUT2D eigenvalue weighted by atomic mass is 10.3. The molecule has 0 fully saturated rings. The molecule has 3 rings (SSSR count). The number of pyridine rings is 1. The van der Waals surface area contributed by atoms with Crippen molar-refractivity contribution in [2.45, 2.75) is 0 Å². The molecule has 0 saturated carbocycles. The number of hydrogen-bond donors (Lipinski definition) is 3. The Labute approximate surface area is 155 Å². The third-order valence-corrected chi connectivity index (χ3v) is 3.22. The van der Waals surface area contributed by atoms with Gasteiger partial charge in [0.25, 0.3) is 11.8 Å². The van der Waals surface area contributed by atoms with Gasteiger partial charge in [0.1, 0.15) is 17.1 Å². The molecule has 2 amide bonds. The van der Waals surface area contributed by atoms with E-state index in [4.69, 9.17) is 17.2 Å². The Morgan fingerprint density at radius 2 is 1.26 bits per heavy atom. The number of hydrogen-bond acceptors (Lipinski definition) is 6. The van der Waals surface area contributed by atoms with Crippen molar-refractivity contribution in [3.8, 4) is 0 Å². The van der Waals surface area contributed by atoms with Crippen LogP contribution in [0.15, 0.2) is 83.0 Å². The Bertz CT molecular complexity index is 928. The molecule has 6 N–H and O–H groups in total. The molecule has 1 aromatic heterocycles. The largest absolute Gasteiger partial charge is 0.397 e. The Kier molecular flexibility index (Phi) is 6.72. The van der Waals surface area contributed by atoms with Gasteiger partial charge < -0.3 is 17.2 Å². The van der Waals surface area contributed by atoms with E-state index in [-0.39, 0.29) is 11.4 Å². The van der Waals surface area contributed by atoms with Gasteiger partial charge >= 0.3 is 0 Å². The molecule has 0 aliphatic carbocycles. The number of nitrogens with zero attached hydrogens (tertiary/aromatic N) is 3. The fourth-order valence-electron chi connectivity index (χ4n) is 1.89. The van der Waals surface area contributed by atoms with Crippen LogP contribution >= 0.6 is 0 Å². The highest BCUT2D eigenvalue weighted by molar-refractivity contribution is 5.94.